The summed E-state index contributed by atoms with van der Waals surface area (Å²) in [4.78, 5) is 17.5. The van der Waals surface area contributed by atoms with E-state index in [1.54, 1.807) is 0 Å². The minimum atomic E-state index is -0.0539. The van der Waals surface area contributed by atoms with E-state index in [2.05, 4.69) is 15.2 Å². The van der Waals surface area contributed by atoms with Crippen LogP contribution in [0.4, 0.5) is 0 Å². The Kier molecular flexibility index (Phi) is 9.20. The zero-order valence-corrected chi connectivity index (χ0v) is 12.8. The number of nitrogens with two attached hydrogens (primary N) is 1. The quantitative estimate of drug-likeness (QED) is 0.448. The summed E-state index contributed by atoms with van der Waals surface area (Å²) >= 11 is 0. The fourth-order valence-corrected chi connectivity index (χ4v) is 1.70. The number of aliphatic imine (C=N–C) groups is 1. The summed E-state index contributed by atoms with van der Waals surface area (Å²) in [6.45, 7) is 4.80. The first-order chi connectivity index (χ1) is 7.74. The van der Waals surface area contributed by atoms with Crippen molar-refractivity contribution >= 4 is 35.8 Å². The highest BCUT2D eigenvalue weighted by Gasteiger charge is 2.11. The van der Waals surface area contributed by atoms with Crippen LogP contribution in [0.15, 0.2) is 4.99 Å². The van der Waals surface area contributed by atoms with Crippen molar-refractivity contribution in [1.82, 2.24) is 10.2 Å². The normalized spacial score (nSPS) is 16.3. The minimum absolute atomic E-state index is 0. The second-order valence-electron chi connectivity index (χ2n) is 4.07. The van der Waals surface area contributed by atoms with Crippen molar-refractivity contribution in [3.8, 4) is 0 Å². The van der Waals surface area contributed by atoms with Crippen LogP contribution in [-0.4, -0.2) is 42.9 Å². The highest BCUT2D eigenvalue weighted by Crippen LogP contribution is 2.07. The molecule has 6 heteroatoms. The van der Waals surface area contributed by atoms with Crippen molar-refractivity contribution in [2.75, 3.05) is 26.2 Å². The van der Waals surface area contributed by atoms with Crippen molar-refractivity contribution in [3.05, 3.63) is 0 Å². The number of nitrogens with one attached hydrogen (secondary N) is 1. The molecule has 5 nitrogen and oxygen atoms in total. The summed E-state index contributed by atoms with van der Waals surface area (Å²) < 4.78 is 0. The zero-order valence-electron chi connectivity index (χ0n) is 10.4. The molecule has 1 aliphatic rings. The highest BCUT2D eigenvalue weighted by molar-refractivity contribution is 14.0. The van der Waals surface area contributed by atoms with Crippen molar-refractivity contribution in [2.24, 2.45) is 10.7 Å². The van der Waals surface area contributed by atoms with Crippen LogP contribution in [0, 0.1) is 0 Å². The van der Waals surface area contributed by atoms with E-state index < -0.39 is 0 Å². The number of halogens is 1. The molecular formula is C11H23IN4O. The SMILES string of the molecule is CCCNC(=O)CN=C(N)N1CCCCC1.I. The zero-order chi connectivity index (χ0) is 11.8. The molecule has 0 atom stereocenters. The van der Waals surface area contributed by atoms with E-state index in [9.17, 15) is 4.79 Å². The number of hydrogen-bond acceptors (Lipinski definition) is 2. The summed E-state index contributed by atoms with van der Waals surface area (Å²) in [5, 5.41) is 2.77. The van der Waals surface area contributed by atoms with Gasteiger partial charge in [-0.05, 0) is 25.7 Å². The molecule has 0 saturated carbocycles. The molecule has 1 fully saturated rings. The van der Waals surface area contributed by atoms with E-state index in [1.165, 1.54) is 6.42 Å². The minimum Gasteiger partial charge on any atom is -0.370 e. The number of carbonyl (C=O) groups is 1. The summed E-state index contributed by atoms with van der Waals surface area (Å²) in [5.41, 5.74) is 5.82. The first kappa shape index (κ1) is 16.5. The van der Waals surface area contributed by atoms with Gasteiger partial charge in [-0.15, -0.1) is 24.0 Å². The monoisotopic (exact) mass is 354 g/mol. The lowest BCUT2D eigenvalue weighted by Gasteiger charge is -2.27. The molecule has 0 radical (unpaired) electrons. The summed E-state index contributed by atoms with van der Waals surface area (Å²) in [5.74, 6) is 0.452. The van der Waals surface area contributed by atoms with Crippen LogP contribution in [0.25, 0.3) is 0 Å². The van der Waals surface area contributed by atoms with Gasteiger partial charge in [-0.25, -0.2) is 4.99 Å². The number of likely N-dealkylation sites (tertiary alicyclic amines) is 1. The molecule has 1 heterocycles. The molecular weight excluding hydrogens is 331 g/mol. The Bertz CT molecular complexity index is 252. The van der Waals surface area contributed by atoms with E-state index in [4.69, 9.17) is 5.73 Å². The lowest BCUT2D eigenvalue weighted by atomic mass is 10.1. The number of rotatable bonds is 4. The van der Waals surface area contributed by atoms with Gasteiger partial charge in [0.15, 0.2) is 5.96 Å². The van der Waals surface area contributed by atoms with Gasteiger partial charge >= 0.3 is 0 Å². The summed E-state index contributed by atoms with van der Waals surface area (Å²) in [7, 11) is 0. The molecule has 1 rings (SSSR count). The number of guanidine groups is 1. The van der Waals surface area contributed by atoms with Gasteiger partial charge in [0, 0.05) is 19.6 Å². The number of hydrogen-bond donors (Lipinski definition) is 2. The number of piperidine rings is 1. The molecule has 17 heavy (non-hydrogen) atoms. The standard InChI is InChI=1S/C11H22N4O.HI/c1-2-6-13-10(16)9-14-11(12)15-7-4-3-5-8-15;/h2-9H2,1H3,(H2,12,14)(H,13,16);1H. The molecule has 0 aromatic rings. The average molecular weight is 354 g/mol. The fraction of sp³-hybridized carbons (Fsp3) is 0.818. The van der Waals surface area contributed by atoms with Gasteiger partial charge in [-0.3, -0.25) is 4.79 Å². The molecule has 1 saturated heterocycles. The van der Waals surface area contributed by atoms with E-state index >= 15 is 0 Å². The second kappa shape index (κ2) is 9.49. The van der Waals surface area contributed by atoms with Gasteiger partial charge in [0.1, 0.15) is 6.54 Å². The third-order valence-corrected chi connectivity index (χ3v) is 2.64. The van der Waals surface area contributed by atoms with Crippen molar-refractivity contribution in [2.45, 2.75) is 32.6 Å². The molecule has 0 bridgehead atoms. The predicted octanol–water partition coefficient (Wildman–Crippen LogP) is 0.931. The first-order valence-electron chi connectivity index (χ1n) is 6.05. The lowest BCUT2D eigenvalue weighted by molar-refractivity contribution is -0.119. The molecule has 0 aromatic carbocycles. The maximum atomic E-state index is 11.3. The Balaban J connectivity index is 0.00000256. The topological polar surface area (TPSA) is 70.7 Å². The molecule has 3 N–H and O–H groups in total. The number of amides is 1. The van der Waals surface area contributed by atoms with Crippen molar-refractivity contribution in [3.63, 3.8) is 0 Å². The molecule has 0 unspecified atom stereocenters. The van der Waals surface area contributed by atoms with Crippen LogP contribution in [0.5, 0.6) is 0 Å². The van der Waals surface area contributed by atoms with Crippen molar-refractivity contribution < 1.29 is 4.79 Å². The smallest absolute Gasteiger partial charge is 0.241 e. The largest absolute Gasteiger partial charge is 0.370 e. The van der Waals surface area contributed by atoms with Gasteiger partial charge < -0.3 is 16.0 Å². The Morgan fingerprint density at radius 2 is 2.00 bits per heavy atom. The van der Waals surface area contributed by atoms with Gasteiger partial charge in [0.2, 0.25) is 5.91 Å². The van der Waals surface area contributed by atoms with Gasteiger partial charge in [-0.2, -0.15) is 0 Å². The molecule has 1 aliphatic heterocycles. The Labute approximate surface area is 120 Å². The molecule has 0 spiro atoms. The van der Waals surface area contributed by atoms with Crippen molar-refractivity contribution in [1.29, 1.82) is 0 Å². The van der Waals surface area contributed by atoms with Gasteiger partial charge in [0.25, 0.3) is 0 Å². The van der Waals surface area contributed by atoms with Gasteiger partial charge in [0.05, 0.1) is 0 Å². The van der Waals surface area contributed by atoms with E-state index in [0.717, 1.165) is 32.4 Å². The fourth-order valence-electron chi connectivity index (χ4n) is 1.70. The first-order valence-corrected chi connectivity index (χ1v) is 6.05. The predicted molar refractivity (Wildman–Crippen MR) is 80.6 cm³/mol. The van der Waals surface area contributed by atoms with Crippen LogP contribution in [0.2, 0.25) is 0 Å². The maximum absolute atomic E-state index is 11.3. The number of carbonyl (C=O) groups excluding carboxylic acids is 1. The third kappa shape index (κ3) is 6.70. The third-order valence-electron chi connectivity index (χ3n) is 2.64. The van der Waals surface area contributed by atoms with E-state index in [1.807, 2.05) is 6.92 Å². The maximum Gasteiger partial charge on any atom is 0.241 e. The van der Waals surface area contributed by atoms with Crippen LogP contribution < -0.4 is 11.1 Å². The van der Waals surface area contributed by atoms with E-state index in [-0.39, 0.29) is 36.4 Å². The Morgan fingerprint density at radius 1 is 1.35 bits per heavy atom. The molecule has 100 valence electrons. The van der Waals surface area contributed by atoms with Crippen LogP contribution in [0.1, 0.15) is 32.6 Å². The Morgan fingerprint density at radius 3 is 2.59 bits per heavy atom. The molecule has 0 aromatic heterocycles. The summed E-state index contributed by atoms with van der Waals surface area (Å²) in [6.07, 6.45) is 4.54. The van der Waals surface area contributed by atoms with Crippen LogP contribution in [-0.2, 0) is 4.79 Å². The molecule has 0 aliphatic carbocycles. The Hall–Kier alpha value is -0.530. The lowest BCUT2D eigenvalue weighted by Crippen LogP contribution is -2.41. The number of nitrogens with zero attached hydrogens (tertiary/aromatic N) is 2. The van der Waals surface area contributed by atoms with Crippen LogP contribution >= 0.6 is 24.0 Å². The second-order valence-corrected chi connectivity index (χ2v) is 4.07. The average Bonchev–Trinajstić information content (AvgIpc) is 2.34. The molecule has 1 amide bonds. The van der Waals surface area contributed by atoms with Crippen LogP contribution in [0.3, 0.4) is 0 Å². The summed E-state index contributed by atoms with van der Waals surface area (Å²) in [6, 6.07) is 0. The highest BCUT2D eigenvalue weighted by atomic mass is 127. The van der Waals surface area contributed by atoms with E-state index in [0.29, 0.717) is 12.5 Å². The van der Waals surface area contributed by atoms with Gasteiger partial charge in [-0.1, -0.05) is 6.92 Å².